The zero-order chi connectivity index (χ0) is 18.9. The molecular formula is C18H25N3O4S. The summed E-state index contributed by atoms with van der Waals surface area (Å²) in [6, 6.07) is 7.94. The van der Waals surface area contributed by atoms with Gasteiger partial charge in [-0.2, -0.15) is 11.8 Å². The molecule has 2 rings (SSSR count). The Morgan fingerprint density at radius 3 is 2.73 bits per heavy atom. The Bertz CT molecular complexity index is 626. The molecular weight excluding hydrogens is 354 g/mol. The second-order valence-electron chi connectivity index (χ2n) is 6.16. The van der Waals surface area contributed by atoms with Crippen LogP contribution in [0, 0.1) is 0 Å². The van der Waals surface area contributed by atoms with Crippen LogP contribution in [-0.4, -0.2) is 65.1 Å². The van der Waals surface area contributed by atoms with E-state index in [0.29, 0.717) is 12.8 Å². The highest BCUT2D eigenvalue weighted by Gasteiger charge is 2.38. The first-order valence-corrected chi connectivity index (χ1v) is 9.99. The van der Waals surface area contributed by atoms with Gasteiger partial charge in [-0.25, -0.2) is 4.79 Å². The predicted octanol–water partition coefficient (Wildman–Crippen LogP) is 0.770. The Kier molecular flexibility index (Phi) is 7.93. The van der Waals surface area contributed by atoms with E-state index < -0.39 is 12.1 Å². The molecule has 0 spiro atoms. The molecule has 0 aliphatic carbocycles. The average Bonchev–Trinajstić information content (AvgIpc) is 2.90. The normalized spacial score (nSPS) is 17.9. The van der Waals surface area contributed by atoms with E-state index in [1.165, 1.54) is 0 Å². The van der Waals surface area contributed by atoms with E-state index in [1.807, 2.05) is 36.6 Å². The molecule has 1 aliphatic heterocycles. The summed E-state index contributed by atoms with van der Waals surface area (Å²) >= 11 is 1.63. The van der Waals surface area contributed by atoms with Crippen molar-refractivity contribution in [3.63, 3.8) is 0 Å². The van der Waals surface area contributed by atoms with E-state index >= 15 is 0 Å². The molecule has 0 radical (unpaired) electrons. The number of nitrogens with zero attached hydrogens (tertiary/aromatic N) is 1. The maximum Gasteiger partial charge on any atom is 0.324 e. The molecule has 0 saturated carbocycles. The van der Waals surface area contributed by atoms with Gasteiger partial charge in [0.1, 0.15) is 6.04 Å². The highest BCUT2D eigenvalue weighted by molar-refractivity contribution is 7.98. The van der Waals surface area contributed by atoms with Crippen LogP contribution in [0.2, 0.25) is 0 Å². The number of hydrogen-bond donors (Lipinski definition) is 3. The van der Waals surface area contributed by atoms with Crippen molar-refractivity contribution in [3.05, 3.63) is 35.9 Å². The van der Waals surface area contributed by atoms with Crippen LogP contribution in [0.15, 0.2) is 30.3 Å². The zero-order valence-electron chi connectivity index (χ0n) is 14.8. The average molecular weight is 379 g/mol. The number of carbonyl (C=O) groups excluding carboxylic acids is 3. The maximum absolute atomic E-state index is 12.4. The fourth-order valence-corrected chi connectivity index (χ4v) is 3.27. The van der Waals surface area contributed by atoms with E-state index in [0.717, 1.165) is 16.2 Å². The molecule has 142 valence electrons. The van der Waals surface area contributed by atoms with Crippen molar-refractivity contribution < 1.29 is 19.5 Å². The molecule has 1 saturated heterocycles. The summed E-state index contributed by atoms with van der Waals surface area (Å²) in [5.74, 6) is 0.0807. The first-order chi connectivity index (χ1) is 12.5. The van der Waals surface area contributed by atoms with Crippen molar-refractivity contribution in [2.45, 2.75) is 31.3 Å². The van der Waals surface area contributed by atoms with Crippen LogP contribution in [0.5, 0.6) is 0 Å². The van der Waals surface area contributed by atoms with Crippen molar-refractivity contribution in [2.24, 2.45) is 0 Å². The monoisotopic (exact) mass is 379 g/mol. The van der Waals surface area contributed by atoms with Gasteiger partial charge in [-0.15, -0.1) is 0 Å². The summed E-state index contributed by atoms with van der Waals surface area (Å²) in [5, 5.41) is 14.6. The number of amides is 4. The number of hydrogen-bond acceptors (Lipinski definition) is 5. The third-order valence-corrected chi connectivity index (χ3v) is 4.86. The number of aliphatic hydroxyl groups is 1. The molecule has 26 heavy (non-hydrogen) atoms. The summed E-state index contributed by atoms with van der Waals surface area (Å²) in [6.45, 7) is 0.125. The van der Waals surface area contributed by atoms with Crippen LogP contribution in [0.1, 0.15) is 18.4 Å². The van der Waals surface area contributed by atoms with Crippen molar-refractivity contribution >= 4 is 29.6 Å². The SMILES string of the molecule is CSCC[C@@H](CO)NC(=O)C[C@@H]1NC(=O)N(CCc2ccccc2)C1=O. The molecule has 0 aromatic heterocycles. The lowest BCUT2D eigenvalue weighted by Crippen LogP contribution is -2.42. The summed E-state index contributed by atoms with van der Waals surface area (Å²) in [5.41, 5.74) is 1.04. The summed E-state index contributed by atoms with van der Waals surface area (Å²) in [4.78, 5) is 37.7. The number of nitrogens with one attached hydrogen (secondary N) is 2. The molecule has 0 unspecified atom stereocenters. The van der Waals surface area contributed by atoms with E-state index in [-0.39, 0.29) is 37.4 Å². The van der Waals surface area contributed by atoms with Crippen LogP contribution >= 0.6 is 11.8 Å². The minimum atomic E-state index is -0.849. The predicted molar refractivity (Wildman–Crippen MR) is 101 cm³/mol. The van der Waals surface area contributed by atoms with Crippen LogP contribution in [0.4, 0.5) is 4.79 Å². The maximum atomic E-state index is 12.4. The van der Waals surface area contributed by atoms with Gasteiger partial charge in [0.05, 0.1) is 19.1 Å². The highest BCUT2D eigenvalue weighted by Crippen LogP contribution is 2.12. The third-order valence-electron chi connectivity index (χ3n) is 4.22. The quantitative estimate of drug-likeness (QED) is 0.522. The molecule has 8 heteroatoms. The van der Waals surface area contributed by atoms with Gasteiger partial charge in [-0.3, -0.25) is 14.5 Å². The van der Waals surface area contributed by atoms with E-state index in [4.69, 9.17) is 0 Å². The lowest BCUT2D eigenvalue weighted by atomic mass is 10.1. The number of aliphatic hydroxyl groups excluding tert-OH is 1. The van der Waals surface area contributed by atoms with E-state index in [9.17, 15) is 19.5 Å². The standard InChI is InChI=1S/C18H25N3O4S/c1-26-10-8-14(12-22)19-16(23)11-15-17(24)21(18(25)20-15)9-7-13-5-3-2-4-6-13/h2-6,14-15,22H,7-12H2,1H3,(H,19,23)(H,20,25)/t14-,15-/m0/s1. The Morgan fingerprint density at radius 1 is 1.35 bits per heavy atom. The van der Waals surface area contributed by atoms with Crippen molar-refractivity contribution in [3.8, 4) is 0 Å². The number of thioether (sulfide) groups is 1. The Morgan fingerprint density at radius 2 is 2.08 bits per heavy atom. The fourth-order valence-electron chi connectivity index (χ4n) is 2.75. The first-order valence-electron chi connectivity index (χ1n) is 8.60. The van der Waals surface area contributed by atoms with Crippen LogP contribution in [0.3, 0.4) is 0 Å². The van der Waals surface area contributed by atoms with Gasteiger partial charge < -0.3 is 15.7 Å². The van der Waals surface area contributed by atoms with Gasteiger partial charge in [0.2, 0.25) is 5.91 Å². The molecule has 7 nitrogen and oxygen atoms in total. The molecule has 2 atom stereocenters. The molecule has 4 amide bonds. The molecule has 1 aromatic rings. The lowest BCUT2D eigenvalue weighted by Gasteiger charge is -2.17. The van der Waals surface area contributed by atoms with Gasteiger partial charge in [-0.1, -0.05) is 30.3 Å². The Balaban J connectivity index is 1.84. The first kappa shape index (κ1) is 20.3. The largest absolute Gasteiger partial charge is 0.394 e. The Labute approximate surface area is 157 Å². The second-order valence-corrected chi connectivity index (χ2v) is 7.15. The smallest absolute Gasteiger partial charge is 0.324 e. The summed E-state index contributed by atoms with van der Waals surface area (Å²) < 4.78 is 0. The van der Waals surface area contributed by atoms with Crippen LogP contribution < -0.4 is 10.6 Å². The molecule has 1 fully saturated rings. The molecule has 0 bridgehead atoms. The van der Waals surface area contributed by atoms with E-state index in [1.54, 1.807) is 11.8 Å². The van der Waals surface area contributed by atoms with Crippen molar-refractivity contribution in [2.75, 3.05) is 25.2 Å². The molecule has 1 heterocycles. The topological polar surface area (TPSA) is 98.7 Å². The van der Waals surface area contributed by atoms with Gasteiger partial charge in [0.25, 0.3) is 5.91 Å². The minimum absolute atomic E-state index is 0.123. The number of rotatable bonds is 10. The van der Waals surface area contributed by atoms with Gasteiger partial charge >= 0.3 is 6.03 Å². The Hall–Kier alpha value is -2.06. The third kappa shape index (κ3) is 5.74. The van der Waals surface area contributed by atoms with Crippen molar-refractivity contribution in [1.82, 2.24) is 15.5 Å². The summed E-state index contributed by atoms with van der Waals surface area (Å²) in [6.07, 6.45) is 3.05. The molecule has 1 aromatic carbocycles. The van der Waals surface area contributed by atoms with Crippen LogP contribution in [-0.2, 0) is 16.0 Å². The fraction of sp³-hybridized carbons (Fsp3) is 0.500. The lowest BCUT2D eigenvalue weighted by molar-refractivity contribution is -0.131. The molecule has 3 N–H and O–H groups in total. The number of carbonyl (C=O) groups is 3. The number of urea groups is 1. The zero-order valence-corrected chi connectivity index (χ0v) is 15.6. The van der Waals surface area contributed by atoms with Crippen molar-refractivity contribution in [1.29, 1.82) is 0 Å². The second kappa shape index (κ2) is 10.2. The van der Waals surface area contributed by atoms with Gasteiger partial charge in [0, 0.05) is 6.54 Å². The van der Waals surface area contributed by atoms with Gasteiger partial charge in [-0.05, 0) is 30.4 Å². The molecule has 1 aliphatic rings. The number of imide groups is 1. The minimum Gasteiger partial charge on any atom is -0.394 e. The van der Waals surface area contributed by atoms with E-state index in [2.05, 4.69) is 10.6 Å². The van der Waals surface area contributed by atoms with Gasteiger partial charge in [0.15, 0.2) is 0 Å². The highest BCUT2D eigenvalue weighted by atomic mass is 32.2. The number of benzene rings is 1. The van der Waals surface area contributed by atoms with Crippen LogP contribution in [0.25, 0.3) is 0 Å². The summed E-state index contributed by atoms with van der Waals surface area (Å²) in [7, 11) is 0.